The molecule has 4 nitrogen and oxygen atoms in total. The maximum atomic E-state index is 5.73. The fraction of sp³-hybridized carbons (Fsp3) is 0.133. The second kappa shape index (κ2) is 4.84. The molecule has 0 aliphatic rings. The molecule has 0 spiro atoms. The van der Waals surface area contributed by atoms with Crippen molar-refractivity contribution in [3.05, 3.63) is 65.9 Å². The van der Waals surface area contributed by atoms with Gasteiger partial charge in [0.1, 0.15) is 5.76 Å². The van der Waals surface area contributed by atoms with Crippen LogP contribution in [0.3, 0.4) is 0 Å². The molecule has 0 bridgehead atoms. The Morgan fingerprint density at radius 3 is 2.95 bits per heavy atom. The first-order valence-electron chi connectivity index (χ1n) is 6.13. The number of pyridine rings is 1. The van der Waals surface area contributed by atoms with Gasteiger partial charge in [-0.05, 0) is 30.0 Å². The number of nitrogens with zero attached hydrogens (tertiary/aromatic N) is 1. The molecule has 2 heterocycles. The average molecular weight is 253 g/mol. The van der Waals surface area contributed by atoms with Crippen molar-refractivity contribution >= 4 is 10.8 Å². The Balaban J connectivity index is 2.16. The Morgan fingerprint density at radius 1 is 1.32 bits per heavy atom. The van der Waals surface area contributed by atoms with Gasteiger partial charge in [-0.15, -0.1) is 0 Å². The lowest BCUT2D eigenvalue weighted by Gasteiger charge is -2.16. The fourth-order valence-electron chi connectivity index (χ4n) is 2.37. The Morgan fingerprint density at radius 2 is 2.21 bits per heavy atom. The van der Waals surface area contributed by atoms with Gasteiger partial charge in [0.2, 0.25) is 0 Å². The molecule has 3 aromatic rings. The molecule has 0 aliphatic carbocycles. The minimum atomic E-state index is -0.106. The zero-order valence-corrected chi connectivity index (χ0v) is 10.6. The second-order valence-electron chi connectivity index (χ2n) is 4.53. The molecule has 3 N–H and O–H groups in total. The number of furan rings is 1. The highest BCUT2D eigenvalue weighted by Crippen LogP contribution is 2.28. The second-order valence-corrected chi connectivity index (χ2v) is 4.53. The lowest BCUT2D eigenvalue weighted by atomic mass is 9.96. The van der Waals surface area contributed by atoms with Gasteiger partial charge >= 0.3 is 0 Å². The highest BCUT2D eigenvalue weighted by molar-refractivity contribution is 5.85. The predicted octanol–water partition coefficient (Wildman–Crippen LogP) is 2.69. The van der Waals surface area contributed by atoms with Crippen molar-refractivity contribution in [2.45, 2.75) is 13.0 Å². The topological polar surface area (TPSA) is 64.1 Å². The van der Waals surface area contributed by atoms with Gasteiger partial charge in [0.05, 0.1) is 12.3 Å². The summed E-state index contributed by atoms with van der Waals surface area (Å²) >= 11 is 0. The van der Waals surface area contributed by atoms with E-state index in [1.807, 2.05) is 31.3 Å². The molecular formula is C15H15N3O. The maximum Gasteiger partial charge on any atom is 0.101 e. The molecule has 1 aromatic carbocycles. The number of aromatic nitrogens is 1. The van der Waals surface area contributed by atoms with Gasteiger partial charge in [-0.3, -0.25) is 10.8 Å². The summed E-state index contributed by atoms with van der Waals surface area (Å²) in [4.78, 5) is 4.20. The van der Waals surface area contributed by atoms with Gasteiger partial charge in [-0.25, -0.2) is 5.43 Å². The van der Waals surface area contributed by atoms with Crippen molar-refractivity contribution in [2.75, 3.05) is 0 Å². The highest BCUT2D eigenvalue weighted by atomic mass is 16.3. The minimum Gasteiger partial charge on any atom is -0.469 e. The van der Waals surface area contributed by atoms with Crippen molar-refractivity contribution in [1.82, 2.24) is 10.4 Å². The van der Waals surface area contributed by atoms with Crippen LogP contribution in [0.1, 0.15) is 22.9 Å². The third kappa shape index (κ3) is 2.12. The summed E-state index contributed by atoms with van der Waals surface area (Å²) in [5, 5.41) is 2.24. The SMILES string of the molecule is Cc1cc(C(NN)c2cccc3ccncc23)co1. The first-order chi connectivity index (χ1) is 9.29. The summed E-state index contributed by atoms with van der Waals surface area (Å²) in [7, 11) is 0. The van der Waals surface area contributed by atoms with Crippen LogP contribution in [0.15, 0.2) is 53.4 Å². The maximum absolute atomic E-state index is 5.73. The number of nitrogens with one attached hydrogen (secondary N) is 1. The molecule has 96 valence electrons. The van der Waals surface area contributed by atoms with E-state index in [-0.39, 0.29) is 6.04 Å². The predicted molar refractivity (Wildman–Crippen MR) is 74.4 cm³/mol. The quantitative estimate of drug-likeness (QED) is 0.556. The van der Waals surface area contributed by atoms with E-state index in [9.17, 15) is 0 Å². The number of fused-ring (bicyclic) bond motifs is 1. The van der Waals surface area contributed by atoms with Crippen LogP contribution in [0.2, 0.25) is 0 Å². The largest absolute Gasteiger partial charge is 0.469 e. The summed E-state index contributed by atoms with van der Waals surface area (Å²) in [5.74, 6) is 6.59. The Labute approximate surface area is 111 Å². The molecule has 0 aliphatic heterocycles. The van der Waals surface area contributed by atoms with Crippen molar-refractivity contribution in [2.24, 2.45) is 5.84 Å². The van der Waals surface area contributed by atoms with Crippen LogP contribution in [0.25, 0.3) is 10.8 Å². The van der Waals surface area contributed by atoms with Gasteiger partial charge in [-0.2, -0.15) is 0 Å². The van der Waals surface area contributed by atoms with E-state index in [1.165, 1.54) is 0 Å². The van der Waals surface area contributed by atoms with E-state index < -0.39 is 0 Å². The van der Waals surface area contributed by atoms with Gasteiger partial charge in [0.15, 0.2) is 0 Å². The minimum absolute atomic E-state index is 0.106. The first-order valence-corrected chi connectivity index (χ1v) is 6.13. The standard InChI is InChI=1S/C15H15N3O/c1-10-7-12(9-19-10)15(18-16)13-4-2-3-11-5-6-17-8-14(11)13/h2-9,15,18H,16H2,1H3. The number of nitrogens with two attached hydrogens (primary N) is 1. The summed E-state index contributed by atoms with van der Waals surface area (Å²) in [5.41, 5.74) is 4.95. The lowest BCUT2D eigenvalue weighted by molar-refractivity contribution is 0.526. The van der Waals surface area contributed by atoms with Crippen LogP contribution in [-0.4, -0.2) is 4.98 Å². The van der Waals surface area contributed by atoms with Crippen LogP contribution in [0, 0.1) is 6.92 Å². The number of benzene rings is 1. The first kappa shape index (κ1) is 11.9. The molecule has 3 rings (SSSR count). The molecule has 0 amide bonds. The van der Waals surface area contributed by atoms with Gasteiger partial charge in [0.25, 0.3) is 0 Å². The van der Waals surface area contributed by atoms with Crippen LogP contribution in [0.5, 0.6) is 0 Å². The van der Waals surface area contributed by atoms with Gasteiger partial charge < -0.3 is 4.42 Å². The van der Waals surface area contributed by atoms with Crippen molar-refractivity contribution < 1.29 is 4.42 Å². The molecule has 1 unspecified atom stereocenters. The van der Waals surface area contributed by atoms with Crippen LogP contribution in [-0.2, 0) is 0 Å². The molecule has 2 aromatic heterocycles. The third-order valence-corrected chi connectivity index (χ3v) is 3.28. The summed E-state index contributed by atoms with van der Waals surface area (Å²) in [6.45, 7) is 1.92. The lowest BCUT2D eigenvalue weighted by Crippen LogP contribution is -2.28. The number of rotatable bonds is 3. The van der Waals surface area contributed by atoms with E-state index in [1.54, 1.807) is 12.5 Å². The average Bonchev–Trinajstić information content (AvgIpc) is 2.86. The summed E-state index contributed by atoms with van der Waals surface area (Å²) in [6.07, 6.45) is 5.38. The molecule has 4 heteroatoms. The normalized spacial score (nSPS) is 12.7. The number of hydrazine groups is 1. The van der Waals surface area contributed by atoms with Crippen LogP contribution >= 0.6 is 0 Å². The van der Waals surface area contributed by atoms with E-state index in [0.717, 1.165) is 27.7 Å². The van der Waals surface area contributed by atoms with Crippen molar-refractivity contribution in [3.63, 3.8) is 0 Å². The molecule has 0 saturated carbocycles. The molecular weight excluding hydrogens is 238 g/mol. The van der Waals surface area contributed by atoms with E-state index >= 15 is 0 Å². The Kier molecular flexibility index (Phi) is 3.03. The smallest absolute Gasteiger partial charge is 0.101 e. The van der Waals surface area contributed by atoms with E-state index in [2.05, 4.69) is 22.5 Å². The van der Waals surface area contributed by atoms with Crippen LogP contribution in [0.4, 0.5) is 0 Å². The van der Waals surface area contributed by atoms with Gasteiger partial charge in [0, 0.05) is 23.3 Å². The van der Waals surface area contributed by atoms with Crippen molar-refractivity contribution in [3.8, 4) is 0 Å². The van der Waals surface area contributed by atoms with E-state index in [0.29, 0.717) is 0 Å². The zero-order chi connectivity index (χ0) is 13.2. The van der Waals surface area contributed by atoms with Crippen LogP contribution < -0.4 is 11.3 Å². The van der Waals surface area contributed by atoms with Crippen molar-refractivity contribution in [1.29, 1.82) is 0 Å². The molecule has 0 saturated heterocycles. The van der Waals surface area contributed by atoms with E-state index in [4.69, 9.17) is 10.3 Å². The third-order valence-electron chi connectivity index (χ3n) is 3.28. The highest BCUT2D eigenvalue weighted by Gasteiger charge is 2.16. The van der Waals surface area contributed by atoms with Gasteiger partial charge in [-0.1, -0.05) is 18.2 Å². The molecule has 1 atom stereocenters. The summed E-state index contributed by atoms with van der Waals surface area (Å²) < 4.78 is 5.37. The molecule has 19 heavy (non-hydrogen) atoms. The zero-order valence-electron chi connectivity index (χ0n) is 10.6. The monoisotopic (exact) mass is 253 g/mol. The number of hydrogen-bond acceptors (Lipinski definition) is 4. The number of aryl methyl sites for hydroxylation is 1. The number of hydrogen-bond donors (Lipinski definition) is 2. The Bertz CT molecular complexity index is 700. The fourth-order valence-corrected chi connectivity index (χ4v) is 2.37. The molecule has 0 radical (unpaired) electrons. The molecule has 0 fully saturated rings. The Hall–Kier alpha value is -2.17. The summed E-state index contributed by atoms with van der Waals surface area (Å²) in [6, 6.07) is 10.0.